The topological polar surface area (TPSA) is 72.4 Å². The molecule has 1 aliphatic rings. The van der Waals surface area contributed by atoms with Crippen LogP contribution in [0.4, 0.5) is 0 Å². The van der Waals surface area contributed by atoms with Crippen molar-refractivity contribution in [2.75, 3.05) is 20.8 Å². The van der Waals surface area contributed by atoms with Crippen molar-refractivity contribution in [1.29, 1.82) is 0 Å². The maximum atomic E-state index is 14.7. The summed E-state index contributed by atoms with van der Waals surface area (Å²) in [5.74, 6) is 1.50. The number of methoxy groups -OCH3 is 2. The molecule has 1 aliphatic heterocycles. The fraction of sp³-hybridized carbons (Fsp3) is 0.294. The van der Waals surface area contributed by atoms with Crippen molar-refractivity contribution >= 4 is 16.8 Å². The fourth-order valence-corrected chi connectivity index (χ4v) is 5.81. The van der Waals surface area contributed by atoms with Crippen molar-refractivity contribution in [3.05, 3.63) is 113 Å². The van der Waals surface area contributed by atoms with E-state index in [4.69, 9.17) is 14.6 Å². The first-order valence-electron chi connectivity index (χ1n) is 14.0. The Labute approximate surface area is 240 Å². The third kappa shape index (κ3) is 4.86. The van der Waals surface area contributed by atoms with E-state index in [1.54, 1.807) is 14.2 Å². The molecule has 1 atom stereocenters. The molecular weight excluding hydrogens is 512 g/mol. The van der Waals surface area contributed by atoms with E-state index < -0.39 is 0 Å². The van der Waals surface area contributed by atoms with Crippen LogP contribution in [0.15, 0.2) is 78.9 Å². The number of carbonyl (C=O) groups is 1. The maximum Gasteiger partial charge on any atom is 0.272 e. The van der Waals surface area contributed by atoms with Crippen molar-refractivity contribution in [2.45, 2.75) is 45.2 Å². The Hall–Kier alpha value is -4.52. The van der Waals surface area contributed by atoms with Crippen LogP contribution in [0.5, 0.6) is 11.5 Å². The zero-order valence-electron chi connectivity index (χ0n) is 24.3. The molecule has 41 heavy (non-hydrogen) atoms. The van der Waals surface area contributed by atoms with Gasteiger partial charge in [-0.2, -0.15) is 5.10 Å². The predicted molar refractivity (Wildman–Crippen MR) is 161 cm³/mol. The summed E-state index contributed by atoms with van der Waals surface area (Å²) in [4.78, 5) is 20.3. The Morgan fingerprint density at radius 3 is 2.46 bits per heavy atom. The summed E-state index contributed by atoms with van der Waals surface area (Å²) in [6.45, 7) is 7.45. The van der Waals surface area contributed by atoms with E-state index in [0.717, 1.165) is 51.3 Å². The number of H-pyrrole nitrogens is 1. The first-order chi connectivity index (χ1) is 19.8. The van der Waals surface area contributed by atoms with Gasteiger partial charge >= 0.3 is 0 Å². The third-order valence-corrected chi connectivity index (χ3v) is 7.97. The van der Waals surface area contributed by atoms with Crippen molar-refractivity contribution in [1.82, 2.24) is 19.7 Å². The molecule has 0 saturated heterocycles. The maximum absolute atomic E-state index is 14.7. The lowest BCUT2D eigenvalue weighted by Crippen LogP contribution is -2.41. The van der Waals surface area contributed by atoms with Gasteiger partial charge in [0.05, 0.1) is 26.5 Å². The summed E-state index contributed by atoms with van der Waals surface area (Å²) in [5.41, 5.74) is 6.53. The number of fused-ring (bicyclic) bond motifs is 3. The van der Waals surface area contributed by atoms with Gasteiger partial charge in [-0.25, -0.2) is 0 Å². The highest BCUT2D eigenvalue weighted by Gasteiger charge is 2.38. The predicted octanol–water partition coefficient (Wildman–Crippen LogP) is 6.52. The molecule has 7 nitrogen and oxygen atoms in total. The number of para-hydroxylation sites is 1. The van der Waals surface area contributed by atoms with Crippen molar-refractivity contribution in [3.63, 3.8) is 0 Å². The lowest BCUT2D eigenvalue weighted by molar-refractivity contribution is 0.0678. The molecule has 1 amide bonds. The summed E-state index contributed by atoms with van der Waals surface area (Å²) in [6, 6.07) is 25.8. The van der Waals surface area contributed by atoms with Crippen molar-refractivity contribution < 1.29 is 14.3 Å². The van der Waals surface area contributed by atoms with Crippen LogP contribution in [0.3, 0.4) is 0 Å². The van der Waals surface area contributed by atoms with Gasteiger partial charge in [-0.15, -0.1) is 0 Å². The summed E-state index contributed by atoms with van der Waals surface area (Å²) < 4.78 is 13.2. The molecule has 0 fully saturated rings. The van der Waals surface area contributed by atoms with Gasteiger partial charge in [-0.3, -0.25) is 9.48 Å². The van der Waals surface area contributed by atoms with E-state index in [9.17, 15) is 4.79 Å². The van der Waals surface area contributed by atoms with Gasteiger partial charge in [0.15, 0.2) is 0 Å². The highest BCUT2D eigenvalue weighted by molar-refractivity contribution is 5.94. The Morgan fingerprint density at radius 1 is 0.976 bits per heavy atom. The van der Waals surface area contributed by atoms with Gasteiger partial charge < -0.3 is 19.4 Å². The van der Waals surface area contributed by atoms with Crippen molar-refractivity contribution in [3.8, 4) is 11.5 Å². The number of hydrogen-bond acceptors (Lipinski definition) is 4. The number of aromatic nitrogens is 3. The number of rotatable bonds is 6. The first kappa shape index (κ1) is 26.7. The number of aromatic amines is 1. The molecule has 0 bridgehead atoms. The van der Waals surface area contributed by atoms with E-state index in [2.05, 4.69) is 44.0 Å². The van der Waals surface area contributed by atoms with Gasteiger partial charge in [-0.1, -0.05) is 69.3 Å². The molecule has 3 heterocycles. The second kappa shape index (κ2) is 10.5. The Morgan fingerprint density at radius 2 is 1.73 bits per heavy atom. The summed E-state index contributed by atoms with van der Waals surface area (Å²) >= 11 is 0. The third-order valence-electron chi connectivity index (χ3n) is 7.97. The normalized spacial score (nSPS) is 15.1. The fourth-order valence-electron chi connectivity index (χ4n) is 5.81. The standard InChI is InChI=1S/C34H36N4O3/c1-34(2,3)30-20-28(38(36-30)21-22-11-7-6-8-12-22)33(39)37-18-17-24-26-19-23(40-4)15-16-27(26)35-31(24)32(37)25-13-9-10-14-29(25)41-5/h6-16,19-20,32,35H,17-18,21H2,1-5H3/t32-/m0/s1. The molecule has 2 aromatic heterocycles. The van der Waals surface area contributed by atoms with Gasteiger partial charge in [0.2, 0.25) is 0 Å². The highest BCUT2D eigenvalue weighted by Crippen LogP contribution is 2.42. The number of ether oxygens (including phenoxy) is 2. The van der Waals surface area contributed by atoms with E-state index in [-0.39, 0.29) is 17.4 Å². The molecule has 7 heteroatoms. The van der Waals surface area contributed by atoms with Gasteiger partial charge in [0, 0.05) is 34.1 Å². The van der Waals surface area contributed by atoms with E-state index in [0.29, 0.717) is 18.8 Å². The van der Waals surface area contributed by atoms with Crippen LogP contribution in [0.1, 0.15) is 65.4 Å². The Bertz CT molecular complexity index is 1710. The van der Waals surface area contributed by atoms with Crippen LogP contribution in [0, 0.1) is 0 Å². The highest BCUT2D eigenvalue weighted by atomic mass is 16.5. The average Bonchev–Trinajstić information content (AvgIpc) is 3.58. The monoisotopic (exact) mass is 548 g/mol. The largest absolute Gasteiger partial charge is 0.497 e. The van der Waals surface area contributed by atoms with Crippen LogP contribution >= 0.6 is 0 Å². The van der Waals surface area contributed by atoms with E-state index >= 15 is 0 Å². The molecule has 0 unspecified atom stereocenters. The summed E-state index contributed by atoms with van der Waals surface area (Å²) in [6.07, 6.45) is 0.721. The Balaban J connectivity index is 1.50. The number of amides is 1. The quantitative estimate of drug-likeness (QED) is 0.262. The number of nitrogens with zero attached hydrogens (tertiary/aromatic N) is 3. The van der Waals surface area contributed by atoms with Gasteiger partial charge in [0.25, 0.3) is 5.91 Å². The molecule has 0 saturated carbocycles. The lowest BCUT2D eigenvalue weighted by atomic mass is 9.90. The molecule has 0 spiro atoms. The second-order valence-electron chi connectivity index (χ2n) is 11.6. The van der Waals surface area contributed by atoms with E-state index in [1.807, 2.05) is 70.2 Å². The SMILES string of the molecule is COc1ccc2[nH]c3c(c2c1)CCN(C(=O)c1cc(C(C)(C)C)nn1Cc1ccccc1)[C@H]3c1ccccc1OC. The van der Waals surface area contributed by atoms with E-state index in [1.165, 1.54) is 5.56 Å². The van der Waals surface area contributed by atoms with Gasteiger partial charge in [0.1, 0.15) is 23.2 Å². The van der Waals surface area contributed by atoms with Crippen LogP contribution in [0.25, 0.3) is 10.9 Å². The van der Waals surface area contributed by atoms with Crippen LogP contribution < -0.4 is 9.47 Å². The zero-order chi connectivity index (χ0) is 28.7. The molecule has 6 rings (SSSR count). The molecular formula is C34H36N4O3. The first-order valence-corrected chi connectivity index (χ1v) is 14.0. The van der Waals surface area contributed by atoms with Gasteiger partial charge in [-0.05, 0) is 47.9 Å². The van der Waals surface area contributed by atoms with Crippen LogP contribution in [-0.2, 0) is 18.4 Å². The minimum absolute atomic E-state index is 0.0540. The molecule has 3 aromatic carbocycles. The number of carbonyl (C=O) groups excluding carboxylic acids is 1. The zero-order valence-corrected chi connectivity index (χ0v) is 24.3. The Kier molecular flexibility index (Phi) is 6.81. The summed E-state index contributed by atoms with van der Waals surface area (Å²) in [5, 5.41) is 6.07. The molecule has 210 valence electrons. The molecule has 1 N–H and O–H groups in total. The average molecular weight is 549 g/mol. The molecule has 5 aromatic rings. The molecule has 0 aliphatic carbocycles. The second-order valence-corrected chi connectivity index (χ2v) is 11.6. The van der Waals surface area contributed by atoms with Crippen LogP contribution in [0.2, 0.25) is 0 Å². The minimum atomic E-state index is -0.362. The lowest BCUT2D eigenvalue weighted by Gasteiger charge is -2.36. The minimum Gasteiger partial charge on any atom is -0.497 e. The van der Waals surface area contributed by atoms with Crippen molar-refractivity contribution in [2.24, 2.45) is 0 Å². The van der Waals surface area contributed by atoms with Crippen LogP contribution in [-0.4, -0.2) is 46.3 Å². The molecule has 0 radical (unpaired) electrons. The number of benzene rings is 3. The summed E-state index contributed by atoms with van der Waals surface area (Å²) in [7, 11) is 3.36. The smallest absolute Gasteiger partial charge is 0.272 e. The number of nitrogens with one attached hydrogen (secondary N) is 1. The number of hydrogen-bond donors (Lipinski definition) is 1.